The Labute approximate surface area is 112 Å². The Morgan fingerprint density at radius 3 is 2.50 bits per heavy atom. The van der Waals surface area contributed by atoms with Gasteiger partial charge < -0.3 is 14.8 Å². The molecule has 2 fully saturated rings. The Morgan fingerprint density at radius 1 is 1.17 bits per heavy atom. The summed E-state index contributed by atoms with van der Waals surface area (Å²) in [5.74, 6) is 1.36. The molecule has 0 aromatic heterocycles. The van der Waals surface area contributed by atoms with Crippen LogP contribution in [0.2, 0.25) is 0 Å². The predicted molar refractivity (Wildman–Crippen MR) is 73.7 cm³/mol. The van der Waals surface area contributed by atoms with Crippen molar-refractivity contribution in [3.05, 3.63) is 0 Å². The van der Waals surface area contributed by atoms with Gasteiger partial charge >= 0.3 is 0 Å². The molecule has 3 nitrogen and oxygen atoms in total. The van der Waals surface area contributed by atoms with E-state index in [-0.39, 0.29) is 0 Å². The highest BCUT2D eigenvalue weighted by Gasteiger charge is 2.31. The molecule has 106 valence electrons. The zero-order chi connectivity index (χ0) is 13.0. The average Bonchev–Trinajstić information content (AvgIpc) is 2.85. The van der Waals surface area contributed by atoms with E-state index in [1.54, 1.807) is 0 Å². The summed E-state index contributed by atoms with van der Waals surface area (Å²) in [5, 5.41) is 3.76. The van der Waals surface area contributed by atoms with Gasteiger partial charge in [0, 0.05) is 26.3 Å². The van der Waals surface area contributed by atoms with Crippen molar-refractivity contribution in [3.63, 3.8) is 0 Å². The second-order valence-corrected chi connectivity index (χ2v) is 6.25. The molecular weight excluding hydrogens is 226 g/mol. The average molecular weight is 255 g/mol. The van der Waals surface area contributed by atoms with E-state index in [0.717, 1.165) is 13.2 Å². The largest absolute Gasteiger partial charge is 0.381 e. The Balaban J connectivity index is 1.68. The molecule has 3 heteroatoms. The minimum absolute atomic E-state index is 0.466. The molecule has 1 N–H and O–H groups in total. The third-order valence-electron chi connectivity index (χ3n) is 4.60. The molecule has 2 rings (SSSR count). The monoisotopic (exact) mass is 255 g/mol. The van der Waals surface area contributed by atoms with Crippen LogP contribution in [-0.4, -0.2) is 38.5 Å². The first-order valence-corrected chi connectivity index (χ1v) is 7.58. The van der Waals surface area contributed by atoms with E-state index in [9.17, 15) is 0 Å². The summed E-state index contributed by atoms with van der Waals surface area (Å²) in [5.41, 5.74) is 0. The Bertz CT molecular complexity index is 237. The van der Waals surface area contributed by atoms with Gasteiger partial charge in [-0.3, -0.25) is 0 Å². The van der Waals surface area contributed by atoms with Gasteiger partial charge in [-0.2, -0.15) is 0 Å². The van der Waals surface area contributed by atoms with Crippen molar-refractivity contribution in [1.29, 1.82) is 0 Å². The number of hydrogen-bond donors (Lipinski definition) is 1. The molecule has 2 atom stereocenters. The van der Waals surface area contributed by atoms with E-state index < -0.39 is 0 Å². The van der Waals surface area contributed by atoms with Crippen LogP contribution in [0.1, 0.15) is 46.0 Å². The van der Waals surface area contributed by atoms with Gasteiger partial charge in [0.15, 0.2) is 0 Å². The number of methoxy groups -OCH3 is 1. The van der Waals surface area contributed by atoms with Crippen LogP contribution in [0.4, 0.5) is 0 Å². The smallest absolute Gasteiger partial charge is 0.0639 e. The molecule has 1 heterocycles. The molecule has 0 amide bonds. The molecule has 0 aromatic carbocycles. The predicted octanol–water partition coefficient (Wildman–Crippen LogP) is 2.59. The zero-order valence-corrected chi connectivity index (χ0v) is 12.2. The van der Waals surface area contributed by atoms with Crippen LogP contribution in [0.25, 0.3) is 0 Å². The van der Waals surface area contributed by atoms with Crippen LogP contribution in [0.3, 0.4) is 0 Å². The molecule has 1 aliphatic heterocycles. The van der Waals surface area contributed by atoms with Crippen LogP contribution in [0.5, 0.6) is 0 Å². The van der Waals surface area contributed by atoms with E-state index in [2.05, 4.69) is 19.2 Å². The van der Waals surface area contributed by atoms with Crippen molar-refractivity contribution < 1.29 is 9.47 Å². The summed E-state index contributed by atoms with van der Waals surface area (Å²) in [6.45, 7) is 6.62. The maximum atomic E-state index is 5.84. The van der Waals surface area contributed by atoms with Crippen molar-refractivity contribution in [1.82, 2.24) is 5.32 Å². The summed E-state index contributed by atoms with van der Waals surface area (Å²) in [6, 6.07) is 0.699. The van der Waals surface area contributed by atoms with Gasteiger partial charge in [-0.15, -0.1) is 0 Å². The zero-order valence-electron chi connectivity index (χ0n) is 12.2. The van der Waals surface area contributed by atoms with E-state index in [1.807, 2.05) is 7.11 Å². The minimum Gasteiger partial charge on any atom is -0.381 e. The molecule has 18 heavy (non-hydrogen) atoms. The summed E-state index contributed by atoms with van der Waals surface area (Å²) >= 11 is 0. The van der Waals surface area contributed by atoms with Gasteiger partial charge in [0.2, 0.25) is 0 Å². The third-order valence-corrected chi connectivity index (χ3v) is 4.60. The van der Waals surface area contributed by atoms with E-state index in [1.165, 1.54) is 32.1 Å². The first-order chi connectivity index (χ1) is 8.70. The van der Waals surface area contributed by atoms with Gasteiger partial charge in [0.05, 0.1) is 12.2 Å². The SMILES string of the molecule is COC1CCC(NC[C@H]2CCO[C@@H]2C(C)C)CC1. The molecule has 0 spiro atoms. The maximum Gasteiger partial charge on any atom is 0.0639 e. The Morgan fingerprint density at radius 2 is 1.89 bits per heavy atom. The topological polar surface area (TPSA) is 30.5 Å². The van der Waals surface area contributed by atoms with Crippen molar-refractivity contribution in [2.75, 3.05) is 20.3 Å². The molecule has 1 saturated heterocycles. The molecule has 0 aromatic rings. The fraction of sp³-hybridized carbons (Fsp3) is 1.00. The number of ether oxygens (including phenoxy) is 2. The minimum atomic E-state index is 0.466. The van der Waals surface area contributed by atoms with Gasteiger partial charge in [-0.1, -0.05) is 13.8 Å². The second kappa shape index (κ2) is 6.88. The lowest BCUT2D eigenvalue weighted by Crippen LogP contribution is -2.40. The van der Waals surface area contributed by atoms with Crippen LogP contribution in [0.15, 0.2) is 0 Å². The summed E-state index contributed by atoms with van der Waals surface area (Å²) in [4.78, 5) is 0. The van der Waals surface area contributed by atoms with Gasteiger partial charge in [-0.05, 0) is 43.9 Å². The van der Waals surface area contributed by atoms with Crippen LogP contribution >= 0.6 is 0 Å². The highest BCUT2D eigenvalue weighted by atomic mass is 16.5. The van der Waals surface area contributed by atoms with Crippen LogP contribution in [-0.2, 0) is 9.47 Å². The normalized spacial score (nSPS) is 37.3. The van der Waals surface area contributed by atoms with Crippen molar-refractivity contribution >= 4 is 0 Å². The van der Waals surface area contributed by atoms with E-state index >= 15 is 0 Å². The molecular formula is C15H29NO2. The fourth-order valence-corrected chi connectivity index (χ4v) is 3.43. The first kappa shape index (κ1) is 14.3. The lowest BCUT2D eigenvalue weighted by molar-refractivity contribution is 0.0485. The molecule has 0 bridgehead atoms. The second-order valence-electron chi connectivity index (χ2n) is 6.25. The highest BCUT2D eigenvalue weighted by Crippen LogP contribution is 2.27. The Kier molecular flexibility index (Phi) is 5.46. The molecule has 0 radical (unpaired) electrons. The van der Waals surface area contributed by atoms with Crippen molar-refractivity contribution in [2.45, 2.75) is 64.2 Å². The first-order valence-electron chi connectivity index (χ1n) is 7.58. The van der Waals surface area contributed by atoms with E-state index in [4.69, 9.17) is 9.47 Å². The molecule has 1 aliphatic carbocycles. The number of rotatable bonds is 5. The molecule has 1 saturated carbocycles. The molecule has 2 aliphatic rings. The maximum absolute atomic E-state index is 5.84. The summed E-state index contributed by atoms with van der Waals surface area (Å²) < 4.78 is 11.3. The third kappa shape index (κ3) is 3.69. The quantitative estimate of drug-likeness (QED) is 0.819. The highest BCUT2D eigenvalue weighted by molar-refractivity contribution is 4.83. The van der Waals surface area contributed by atoms with Gasteiger partial charge in [-0.25, -0.2) is 0 Å². The fourth-order valence-electron chi connectivity index (χ4n) is 3.43. The Hall–Kier alpha value is -0.120. The van der Waals surface area contributed by atoms with Gasteiger partial charge in [0.1, 0.15) is 0 Å². The van der Waals surface area contributed by atoms with Crippen molar-refractivity contribution in [2.24, 2.45) is 11.8 Å². The summed E-state index contributed by atoms with van der Waals surface area (Å²) in [7, 11) is 1.83. The summed E-state index contributed by atoms with van der Waals surface area (Å²) in [6.07, 6.45) is 7.14. The van der Waals surface area contributed by atoms with Crippen molar-refractivity contribution in [3.8, 4) is 0 Å². The number of nitrogens with one attached hydrogen (secondary N) is 1. The van der Waals surface area contributed by atoms with Crippen LogP contribution in [0, 0.1) is 11.8 Å². The molecule has 0 unspecified atom stereocenters. The lowest BCUT2D eigenvalue weighted by atomic mass is 9.90. The standard InChI is InChI=1S/C15H29NO2/c1-11(2)15-12(8-9-18-15)10-16-13-4-6-14(17-3)7-5-13/h11-16H,4-10H2,1-3H3/t12-,13?,14?,15-/m1/s1. The number of hydrogen-bond acceptors (Lipinski definition) is 3. The lowest BCUT2D eigenvalue weighted by Gasteiger charge is -2.30. The van der Waals surface area contributed by atoms with Gasteiger partial charge in [0.25, 0.3) is 0 Å². The van der Waals surface area contributed by atoms with E-state index in [0.29, 0.717) is 30.1 Å². The van der Waals surface area contributed by atoms with Crippen LogP contribution < -0.4 is 5.32 Å².